The third-order valence-corrected chi connectivity index (χ3v) is 2.88. The Morgan fingerprint density at radius 3 is 2.70 bits per heavy atom. The first kappa shape index (κ1) is 13.8. The highest BCUT2D eigenvalue weighted by atomic mass is 19.1. The molecule has 5 nitrogen and oxygen atoms in total. The average Bonchev–Trinajstić information content (AvgIpc) is 2.41. The zero-order valence-corrected chi connectivity index (χ0v) is 10.8. The highest BCUT2D eigenvalue weighted by Gasteiger charge is 2.14. The minimum absolute atomic E-state index is 0.167. The Morgan fingerprint density at radius 1 is 1.30 bits per heavy atom. The first-order valence-electron chi connectivity index (χ1n) is 5.93. The van der Waals surface area contributed by atoms with Gasteiger partial charge in [-0.3, -0.25) is 10.1 Å². The van der Waals surface area contributed by atoms with Crippen molar-refractivity contribution in [1.82, 2.24) is 0 Å². The molecule has 2 aromatic rings. The summed E-state index contributed by atoms with van der Waals surface area (Å²) < 4.78 is 13.1. The van der Waals surface area contributed by atoms with Crippen molar-refractivity contribution >= 4 is 11.4 Å². The largest absolute Gasteiger partial charge is 0.508 e. The molecule has 0 bridgehead atoms. The summed E-state index contributed by atoms with van der Waals surface area (Å²) in [5.74, 6) is -0.454. The molecule has 0 saturated carbocycles. The van der Waals surface area contributed by atoms with E-state index in [0.29, 0.717) is 17.8 Å². The number of benzene rings is 2. The molecule has 0 heterocycles. The summed E-state index contributed by atoms with van der Waals surface area (Å²) in [4.78, 5) is 10.3. The van der Waals surface area contributed by atoms with Gasteiger partial charge >= 0.3 is 0 Å². The summed E-state index contributed by atoms with van der Waals surface area (Å²) in [7, 11) is 0. The number of rotatable bonds is 4. The summed E-state index contributed by atoms with van der Waals surface area (Å²) >= 11 is 0. The quantitative estimate of drug-likeness (QED) is 0.510. The topological polar surface area (TPSA) is 75.4 Å². The SMILES string of the molecule is Cc1cc(CNc2ccc(O)cc2[N+](=O)[O-])ccc1F. The lowest BCUT2D eigenvalue weighted by molar-refractivity contribution is -0.384. The Hall–Kier alpha value is -2.63. The maximum Gasteiger partial charge on any atom is 0.296 e. The van der Waals surface area contributed by atoms with Gasteiger partial charge in [0.2, 0.25) is 0 Å². The van der Waals surface area contributed by atoms with Crippen LogP contribution < -0.4 is 5.32 Å². The second-order valence-electron chi connectivity index (χ2n) is 4.40. The lowest BCUT2D eigenvalue weighted by atomic mass is 10.1. The van der Waals surface area contributed by atoms with Gasteiger partial charge in [-0.1, -0.05) is 12.1 Å². The molecular formula is C14H13FN2O3. The molecule has 2 aromatic carbocycles. The van der Waals surface area contributed by atoms with Crippen molar-refractivity contribution in [1.29, 1.82) is 0 Å². The molecule has 0 aliphatic carbocycles. The molecule has 0 aliphatic heterocycles. The predicted molar refractivity (Wildman–Crippen MR) is 73.2 cm³/mol. The smallest absolute Gasteiger partial charge is 0.296 e. The van der Waals surface area contributed by atoms with Crippen LogP contribution in [-0.2, 0) is 6.54 Å². The predicted octanol–water partition coefficient (Wildman–Crippen LogP) is 3.36. The third kappa shape index (κ3) is 3.03. The molecule has 0 fully saturated rings. The third-order valence-electron chi connectivity index (χ3n) is 2.88. The standard InChI is InChI=1S/C14H13FN2O3/c1-9-6-10(2-4-12(9)15)8-16-13-5-3-11(18)7-14(13)17(19)20/h2-7,16,18H,8H2,1H3. The van der Waals surface area contributed by atoms with Crippen molar-refractivity contribution < 1.29 is 14.4 Å². The van der Waals surface area contributed by atoms with Gasteiger partial charge in [0, 0.05) is 6.54 Å². The summed E-state index contributed by atoms with van der Waals surface area (Å²) in [6.45, 7) is 1.98. The van der Waals surface area contributed by atoms with E-state index in [-0.39, 0.29) is 17.3 Å². The minimum atomic E-state index is -0.571. The van der Waals surface area contributed by atoms with Crippen molar-refractivity contribution in [2.75, 3.05) is 5.32 Å². The van der Waals surface area contributed by atoms with Gasteiger partial charge in [-0.05, 0) is 36.2 Å². The number of phenols is 1. The molecule has 2 rings (SSSR count). The second kappa shape index (κ2) is 5.56. The van der Waals surface area contributed by atoms with Crippen LogP contribution in [0.3, 0.4) is 0 Å². The van der Waals surface area contributed by atoms with Crippen molar-refractivity contribution in [2.45, 2.75) is 13.5 Å². The van der Waals surface area contributed by atoms with Crippen molar-refractivity contribution in [3.8, 4) is 5.75 Å². The molecule has 6 heteroatoms. The van der Waals surface area contributed by atoms with Crippen molar-refractivity contribution in [2.24, 2.45) is 0 Å². The molecule has 0 aromatic heterocycles. The van der Waals surface area contributed by atoms with E-state index < -0.39 is 4.92 Å². The maximum absolute atomic E-state index is 13.1. The zero-order valence-electron chi connectivity index (χ0n) is 10.8. The van der Waals surface area contributed by atoms with E-state index in [1.165, 1.54) is 18.2 Å². The van der Waals surface area contributed by atoms with Crippen LogP contribution in [0, 0.1) is 22.9 Å². The highest BCUT2D eigenvalue weighted by Crippen LogP contribution is 2.28. The van der Waals surface area contributed by atoms with Crippen LogP contribution in [0.4, 0.5) is 15.8 Å². The van der Waals surface area contributed by atoms with Gasteiger partial charge in [-0.2, -0.15) is 0 Å². The Labute approximate surface area is 114 Å². The van der Waals surface area contributed by atoms with Gasteiger partial charge in [-0.25, -0.2) is 4.39 Å². The van der Waals surface area contributed by atoms with Gasteiger partial charge in [0.25, 0.3) is 5.69 Å². The van der Waals surface area contributed by atoms with Crippen molar-refractivity contribution in [3.05, 3.63) is 63.5 Å². The molecule has 0 radical (unpaired) electrons. The number of aromatic hydroxyl groups is 1. The molecule has 0 unspecified atom stereocenters. The summed E-state index contributed by atoms with van der Waals surface area (Å²) in [5.41, 5.74) is 1.43. The van der Waals surface area contributed by atoms with Gasteiger partial charge in [0.1, 0.15) is 17.3 Å². The van der Waals surface area contributed by atoms with Gasteiger partial charge < -0.3 is 10.4 Å². The molecule has 2 N–H and O–H groups in total. The first-order chi connectivity index (χ1) is 9.47. The summed E-state index contributed by atoms with van der Waals surface area (Å²) in [6, 6.07) is 8.53. The number of nitrogens with zero attached hydrogens (tertiary/aromatic N) is 1. The Morgan fingerprint density at radius 2 is 2.05 bits per heavy atom. The number of nitro groups is 1. The van der Waals surface area contributed by atoms with Gasteiger partial charge in [-0.15, -0.1) is 0 Å². The first-order valence-corrected chi connectivity index (χ1v) is 5.93. The van der Waals surface area contributed by atoms with E-state index in [2.05, 4.69) is 5.32 Å². The zero-order chi connectivity index (χ0) is 14.7. The Balaban J connectivity index is 2.18. The fourth-order valence-electron chi connectivity index (χ4n) is 1.83. The van der Waals surface area contributed by atoms with E-state index >= 15 is 0 Å². The van der Waals surface area contributed by atoms with Crippen LogP contribution in [0.1, 0.15) is 11.1 Å². The lowest BCUT2D eigenvalue weighted by Crippen LogP contribution is -2.03. The highest BCUT2D eigenvalue weighted by molar-refractivity contribution is 5.63. The van der Waals surface area contributed by atoms with Crippen LogP contribution >= 0.6 is 0 Å². The van der Waals surface area contributed by atoms with Crippen LogP contribution in [-0.4, -0.2) is 10.0 Å². The number of hydrogen-bond donors (Lipinski definition) is 2. The van der Waals surface area contributed by atoms with E-state index in [1.807, 2.05) is 0 Å². The fourth-order valence-corrected chi connectivity index (χ4v) is 1.83. The summed E-state index contributed by atoms with van der Waals surface area (Å²) in [5, 5.41) is 23.1. The number of anilines is 1. The molecule has 0 amide bonds. The van der Waals surface area contributed by atoms with Crippen LogP contribution in [0.25, 0.3) is 0 Å². The number of hydrogen-bond acceptors (Lipinski definition) is 4. The number of halogens is 1. The van der Waals surface area contributed by atoms with E-state index in [0.717, 1.165) is 11.6 Å². The molecule has 0 aliphatic rings. The average molecular weight is 276 g/mol. The van der Waals surface area contributed by atoms with Crippen LogP contribution in [0.2, 0.25) is 0 Å². The molecule has 0 spiro atoms. The number of phenolic OH excluding ortho intramolecular Hbond substituents is 1. The van der Waals surface area contributed by atoms with Crippen LogP contribution in [0.5, 0.6) is 5.75 Å². The Kier molecular flexibility index (Phi) is 3.84. The number of nitrogens with one attached hydrogen (secondary N) is 1. The molecule has 0 saturated heterocycles. The van der Waals surface area contributed by atoms with Crippen molar-refractivity contribution in [3.63, 3.8) is 0 Å². The normalized spacial score (nSPS) is 10.3. The fraction of sp³-hybridized carbons (Fsp3) is 0.143. The van der Waals surface area contributed by atoms with Crippen LogP contribution in [0.15, 0.2) is 36.4 Å². The molecule has 104 valence electrons. The minimum Gasteiger partial charge on any atom is -0.508 e. The monoisotopic (exact) mass is 276 g/mol. The van der Waals surface area contributed by atoms with E-state index in [4.69, 9.17) is 0 Å². The molecule has 20 heavy (non-hydrogen) atoms. The molecular weight excluding hydrogens is 263 g/mol. The summed E-state index contributed by atoms with van der Waals surface area (Å²) in [6.07, 6.45) is 0. The maximum atomic E-state index is 13.1. The van der Waals surface area contributed by atoms with Gasteiger partial charge in [0.15, 0.2) is 0 Å². The molecule has 0 atom stereocenters. The number of nitro benzene ring substituents is 1. The van der Waals surface area contributed by atoms with E-state index in [1.54, 1.807) is 19.1 Å². The Bertz CT molecular complexity index is 659. The number of aryl methyl sites for hydroxylation is 1. The lowest BCUT2D eigenvalue weighted by Gasteiger charge is -2.08. The van der Waals surface area contributed by atoms with E-state index in [9.17, 15) is 19.6 Å². The second-order valence-corrected chi connectivity index (χ2v) is 4.40. The van der Waals surface area contributed by atoms with Gasteiger partial charge in [0.05, 0.1) is 11.0 Å².